The fraction of sp³-hybridized carbons (Fsp3) is 0.462. The van der Waals surface area contributed by atoms with Crippen LogP contribution in [0.3, 0.4) is 0 Å². The number of halogens is 1. The second kappa shape index (κ2) is 7.33. The number of hydrogen-bond acceptors (Lipinski definition) is 2. The van der Waals surface area contributed by atoms with Crippen molar-refractivity contribution in [1.82, 2.24) is 0 Å². The topological polar surface area (TPSA) is 37.3 Å². The standard InChI is InChI=1S/C13H17FO2S/c1-2-3-4-8-17-9-10-6-5-7-11(12(10)14)13(15)16/h5-7H,2-4,8-9H2,1H3,(H,15,16). The predicted molar refractivity (Wildman–Crippen MR) is 69.0 cm³/mol. The van der Waals surface area contributed by atoms with E-state index in [1.807, 2.05) is 0 Å². The molecule has 1 rings (SSSR count). The molecule has 0 aliphatic rings. The van der Waals surface area contributed by atoms with Gasteiger partial charge in [-0.05, 0) is 23.8 Å². The average Bonchev–Trinajstić information content (AvgIpc) is 2.30. The van der Waals surface area contributed by atoms with Crippen LogP contribution in [0.15, 0.2) is 18.2 Å². The molecule has 0 amide bonds. The zero-order valence-corrected chi connectivity index (χ0v) is 10.7. The number of hydrogen-bond donors (Lipinski definition) is 1. The van der Waals surface area contributed by atoms with Crippen LogP contribution in [-0.2, 0) is 5.75 Å². The highest BCUT2D eigenvalue weighted by molar-refractivity contribution is 7.98. The van der Waals surface area contributed by atoms with Gasteiger partial charge in [-0.15, -0.1) is 0 Å². The van der Waals surface area contributed by atoms with E-state index >= 15 is 0 Å². The van der Waals surface area contributed by atoms with Gasteiger partial charge < -0.3 is 5.11 Å². The molecule has 17 heavy (non-hydrogen) atoms. The minimum atomic E-state index is -1.21. The van der Waals surface area contributed by atoms with Crippen LogP contribution in [0.1, 0.15) is 42.1 Å². The minimum Gasteiger partial charge on any atom is -0.478 e. The monoisotopic (exact) mass is 256 g/mol. The molecule has 0 saturated heterocycles. The van der Waals surface area contributed by atoms with E-state index in [4.69, 9.17) is 5.11 Å². The van der Waals surface area contributed by atoms with Crippen LogP contribution in [-0.4, -0.2) is 16.8 Å². The summed E-state index contributed by atoms with van der Waals surface area (Å²) in [5.74, 6) is -0.273. The van der Waals surface area contributed by atoms with Crippen LogP contribution < -0.4 is 0 Å². The smallest absolute Gasteiger partial charge is 0.338 e. The van der Waals surface area contributed by atoms with Gasteiger partial charge in [-0.3, -0.25) is 0 Å². The Hall–Kier alpha value is -1.03. The van der Waals surface area contributed by atoms with E-state index in [2.05, 4.69) is 6.92 Å². The first-order valence-corrected chi connectivity index (χ1v) is 6.90. The number of carbonyl (C=O) groups is 1. The van der Waals surface area contributed by atoms with Crippen molar-refractivity contribution >= 4 is 17.7 Å². The Morgan fingerprint density at radius 1 is 1.41 bits per heavy atom. The van der Waals surface area contributed by atoms with Crippen molar-refractivity contribution in [2.45, 2.75) is 31.9 Å². The minimum absolute atomic E-state index is 0.239. The summed E-state index contributed by atoms with van der Waals surface area (Å²) in [6.45, 7) is 2.14. The lowest BCUT2D eigenvalue weighted by atomic mass is 10.1. The molecule has 2 nitrogen and oxygen atoms in total. The Bertz CT molecular complexity index is 380. The SMILES string of the molecule is CCCCCSCc1cccc(C(=O)O)c1F. The highest BCUT2D eigenvalue weighted by Gasteiger charge is 2.13. The molecule has 0 atom stereocenters. The van der Waals surface area contributed by atoms with Crippen molar-refractivity contribution in [2.75, 3.05) is 5.75 Å². The van der Waals surface area contributed by atoms with E-state index in [0.29, 0.717) is 11.3 Å². The van der Waals surface area contributed by atoms with E-state index in [9.17, 15) is 9.18 Å². The Balaban J connectivity index is 2.54. The lowest BCUT2D eigenvalue weighted by Gasteiger charge is -2.05. The van der Waals surface area contributed by atoms with Gasteiger partial charge in [0, 0.05) is 5.75 Å². The van der Waals surface area contributed by atoms with Crippen molar-refractivity contribution < 1.29 is 14.3 Å². The lowest BCUT2D eigenvalue weighted by molar-refractivity contribution is 0.0691. The Kier molecular flexibility index (Phi) is 6.05. The van der Waals surface area contributed by atoms with Gasteiger partial charge in [0.05, 0.1) is 5.56 Å². The number of carboxylic acids is 1. The van der Waals surface area contributed by atoms with Crippen molar-refractivity contribution in [2.24, 2.45) is 0 Å². The molecule has 0 aromatic heterocycles. The number of benzene rings is 1. The van der Waals surface area contributed by atoms with Crippen LogP contribution in [0.2, 0.25) is 0 Å². The second-order valence-corrected chi connectivity index (χ2v) is 4.95. The summed E-state index contributed by atoms with van der Waals surface area (Å²) in [5, 5.41) is 8.78. The third-order valence-electron chi connectivity index (χ3n) is 2.46. The number of carboxylic acid groups (broad SMARTS) is 1. The first-order valence-electron chi connectivity index (χ1n) is 5.75. The molecule has 1 N–H and O–H groups in total. The van der Waals surface area contributed by atoms with E-state index in [1.54, 1.807) is 23.9 Å². The van der Waals surface area contributed by atoms with Gasteiger partial charge in [-0.1, -0.05) is 31.9 Å². The summed E-state index contributed by atoms with van der Waals surface area (Å²) in [4.78, 5) is 10.7. The quantitative estimate of drug-likeness (QED) is 0.751. The maximum absolute atomic E-state index is 13.7. The molecule has 0 radical (unpaired) electrons. The molecule has 0 aliphatic heterocycles. The summed E-state index contributed by atoms with van der Waals surface area (Å²) in [5.41, 5.74) is 0.239. The molecular formula is C13H17FO2S. The molecule has 94 valence electrons. The third kappa shape index (κ3) is 4.38. The molecule has 1 aromatic rings. The second-order valence-electron chi connectivity index (χ2n) is 3.84. The highest BCUT2D eigenvalue weighted by atomic mass is 32.2. The van der Waals surface area contributed by atoms with Gasteiger partial charge in [0.1, 0.15) is 5.82 Å². The van der Waals surface area contributed by atoms with E-state index < -0.39 is 11.8 Å². The van der Waals surface area contributed by atoms with E-state index in [0.717, 1.165) is 12.2 Å². The number of rotatable bonds is 7. The molecule has 0 bridgehead atoms. The van der Waals surface area contributed by atoms with Gasteiger partial charge in [-0.25, -0.2) is 9.18 Å². The summed E-state index contributed by atoms with van der Waals surface area (Å²) in [7, 11) is 0. The molecule has 1 aromatic carbocycles. The van der Waals surface area contributed by atoms with Crippen molar-refractivity contribution in [3.8, 4) is 0 Å². The highest BCUT2D eigenvalue weighted by Crippen LogP contribution is 2.19. The van der Waals surface area contributed by atoms with Gasteiger partial charge in [0.15, 0.2) is 0 Å². The molecule has 0 heterocycles. The van der Waals surface area contributed by atoms with Crippen molar-refractivity contribution in [3.63, 3.8) is 0 Å². The molecular weight excluding hydrogens is 239 g/mol. The van der Waals surface area contributed by atoms with Gasteiger partial charge in [0.25, 0.3) is 0 Å². The normalized spacial score (nSPS) is 10.5. The zero-order chi connectivity index (χ0) is 12.7. The first kappa shape index (κ1) is 14.0. The molecule has 0 unspecified atom stereocenters. The largest absolute Gasteiger partial charge is 0.478 e. The lowest BCUT2D eigenvalue weighted by Crippen LogP contribution is -2.03. The third-order valence-corrected chi connectivity index (χ3v) is 3.55. The van der Waals surface area contributed by atoms with E-state index in [1.165, 1.54) is 18.9 Å². The van der Waals surface area contributed by atoms with Crippen LogP contribution >= 0.6 is 11.8 Å². The summed E-state index contributed by atoms with van der Waals surface area (Å²) < 4.78 is 13.7. The molecule has 0 saturated carbocycles. The predicted octanol–water partition coefficient (Wildman–Crippen LogP) is 3.95. The van der Waals surface area contributed by atoms with Crippen LogP contribution in [0.4, 0.5) is 4.39 Å². The van der Waals surface area contributed by atoms with E-state index in [-0.39, 0.29) is 5.56 Å². The summed E-state index contributed by atoms with van der Waals surface area (Å²) in [6.07, 6.45) is 3.48. The Morgan fingerprint density at radius 2 is 2.18 bits per heavy atom. The number of unbranched alkanes of at least 4 members (excludes halogenated alkanes) is 2. The summed E-state index contributed by atoms with van der Waals surface area (Å²) >= 11 is 1.65. The molecule has 0 fully saturated rings. The van der Waals surface area contributed by atoms with Gasteiger partial charge >= 0.3 is 5.97 Å². The fourth-order valence-electron chi connectivity index (χ4n) is 1.49. The van der Waals surface area contributed by atoms with Crippen LogP contribution in [0, 0.1) is 5.82 Å². The molecule has 4 heteroatoms. The molecule has 0 spiro atoms. The summed E-state index contributed by atoms with van der Waals surface area (Å²) in [6, 6.07) is 4.53. The fourth-order valence-corrected chi connectivity index (χ4v) is 2.49. The maximum Gasteiger partial charge on any atom is 0.338 e. The first-order chi connectivity index (χ1) is 8.16. The average molecular weight is 256 g/mol. The van der Waals surface area contributed by atoms with Gasteiger partial charge in [-0.2, -0.15) is 11.8 Å². The maximum atomic E-state index is 13.7. The van der Waals surface area contributed by atoms with Crippen LogP contribution in [0.5, 0.6) is 0 Å². The van der Waals surface area contributed by atoms with Gasteiger partial charge in [0.2, 0.25) is 0 Å². The van der Waals surface area contributed by atoms with Crippen molar-refractivity contribution in [3.05, 3.63) is 35.1 Å². The van der Waals surface area contributed by atoms with Crippen molar-refractivity contribution in [1.29, 1.82) is 0 Å². The Labute approximate surface area is 105 Å². The number of thioether (sulfide) groups is 1. The zero-order valence-electron chi connectivity index (χ0n) is 9.91. The molecule has 0 aliphatic carbocycles. The van der Waals surface area contributed by atoms with Crippen LogP contribution in [0.25, 0.3) is 0 Å². The Morgan fingerprint density at radius 3 is 2.82 bits per heavy atom. The number of aromatic carboxylic acids is 1.